The van der Waals surface area contributed by atoms with Crippen LogP contribution >= 0.6 is 11.6 Å². The van der Waals surface area contributed by atoms with Crippen LogP contribution in [0.15, 0.2) is 30.6 Å². The van der Waals surface area contributed by atoms with E-state index in [1.54, 1.807) is 4.68 Å². The molecule has 96 valence electrons. The van der Waals surface area contributed by atoms with E-state index in [1.165, 1.54) is 0 Å². The normalized spacial score (nSPS) is 12.7. The molecule has 0 bridgehead atoms. The van der Waals surface area contributed by atoms with Crippen molar-refractivity contribution in [2.45, 2.75) is 25.9 Å². The monoisotopic (exact) mass is 264 g/mol. The molecule has 1 aromatic carbocycles. The smallest absolute Gasteiger partial charge is 0.0793 e. The number of rotatable bonds is 4. The molecular formula is C14H17ClN2O. The minimum atomic E-state index is -0.484. The molecule has 3 nitrogen and oxygen atoms in total. The third-order valence-corrected chi connectivity index (χ3v) is 3.13. The fourth-order valence-electron chi connectivity index (χ4n) is 2.03. The topological polar surface area (TPSA) is 38.1 Å². The molecule has 0 aliphatic carbocycles. The van der Waals surface area contributed by atoms with Crippen LogP contribution in [0.2, 0.25) is 5.02 Å². The van der Waals surface area contributed by atoms with E-state index in [2.05, 4.69) is 5.10 Å². The molecule has 0 radical (unpaired) electrons. The van der Waals surface area contributed by atoms with Gasteiger partial charge in [0.05, 0.1) is 12.3 Å². The van der Waals surface area contributed by atoms with E-state index >= 15 is 0 Å². The molecule has 1 N–H and O–H groups in total. The van der Waals surface area contributed by atoms with Gasteiger partial charge in [-0.15, -0.1) is 0 Å². The van der Waals surface area contributed by atoms with Gasteiger partial charge in [0, 0.05) is 18.3 Å². The molecule has 2 aromatic rings. The first kappa shape index (κ1) is 13.1. The molecule has 0 aliphatic rings. The van der Waals surface area contributed by atoms with Crippen LogP contribution in [0.5, 0.6) is 0 Å². The molecule has 1 atom stereocenters. The highest BCUT2D eigenvalue weighted by Gasteiger charge is 2.09. The summed E-state index contributed by atoms with van der Waals surface area (Å²) in [6, 6.07) is 5.68. The summed E-state index contributed by atoms with van der Waals surface area (Å²) in [4.78, 5) is 0. The Labute approximate surface area is 112 Å². The first-order chi connectivity index (χ1) is 8.54. The summed E-state index contributed by atoms with van der Waals surface area (Å²) in [7, 11) is 1.89. The van der Waals surface area contributed by atoms with Crippen molar-refractivity contribution in [3.8, 4) is 0 Å². The number of nitrogens with zero attached hydrogens (tertiary/aromatic N) is 2. The first-order valence-corrected chi connectivity index (χ1v) is 6.35. The van der Waals surface area contributed by atoms with Crippen LogP contribution in [0.4, 0.5) is 0 Å². The van der Waals surface area contributed by atoms with E-state index < -0.39 is 6.10 Å². The lowest BCUT2D eigenvalue weighted by Crippen LogP contribution is -2.00. The second-order valence-corrected chi connectivity index (χ2v) is 5.08. The van der Waals surface area contributed by atoms with E-state index in [0.717, 1.165) is 23.1 Å². The van der Waals surface area contributed by atoms with Crippen molar-refractivity contribution in [2.75, 3.05) is 0 Å². The summed E-state index contributed by atoms with van der Waals surface area (Å²) in [5.74, 6) is 0. The molecule has 0 aliphatic heterocycles. The number of hydrogen-bond acceptors (Lipinski definition) is 2. The average Bonchev–Trinajstić information content (AvgIpc) is 2.70. The van der Waals surface area contributed by atoms with Gasteiger partial charge in [-0.1, -0.05) is 17.7 Å². The standard InChI is InChI=1S/C14H17ClN2O/c1-10-5-12(7-13(15)6-10)14(18)4-3-11-8-16-17(2)9-11/h5-9,14,18H,3-4H2,1-2H3. The molecule has 1 heterocycles. The van der Waals surface area contributed by atoms with E-state index in [4.69, 9.17) is 11.6 Å². The SMILES string of the molecule is Cc1cc(Cl)cc(C(O)CCc2cnn(C)c2)c1. The number of hydrogen-bond donors (Lipinski definition) is 1. The van der Waals surface area contributed by atoms with Crippen LogP contribution in [0.3, 0.4) is 0 Å². The Bertz CT molecular complexity index is 516. The van der Waals surface area contributed by atoms with Crippen molar-refractivity contribution in [1.82, 2.24) is 9.78 Å². The number of aromatic nitrogens is 2. The van der Waals surface area contributed by atoms with Crippen molar-refractivity contribution in [1.29, 1.82) is 0 Å². The predicted molar refractivity (Wildman–Crippen MR) is 72.7 cm³/mol. The molecule has 2 rings (SSSR count). The summed E-state index contributed by atoms with van der Waals surface area (Å²) in [5, 5.41) is 14.9. The van der Waals surface area contributed by atoms with E-state index in [1.807, 2.05) is 44.6 Å². The maximum atomic E-state index is 10.2. The first-order valence-electron chi connectivity index (χ1n) is 5.97. The largest absolute Gasteiger partial charge is 0.388 e. The minimum absolute atomic E-state index is 0.484. The van der Waals surface area contributed by atoms with Gasteiger partial charge in [0.15, 0.2) is 0 Å². The highest BCUT2D eigenvalue weighted by Crippen LogP contribution is 2.23. The predicted octanol–water partition coefficient (Wildman–Crippen LogP) is 3.05. The van der Waals surface area contributed by atoms with Crippen LogP contribution in [-0.2, 0) is 13.5 Å². The Morgan fingerprint density at radius 3 is 2.78 bits per heavy atom. The Morgan fingerprint density at radius 1 is 1.39 bits per heavy atom. The molecule has 0 spiro atoms. The van der Waals surface area contributed by atoms with Crippen molar-refractivity contribution >= 4 is 11.6 Å². The van der Waals surface area contributed by atoms with Crippen LogP contribution < -0.4 is 0 Å². The van der Waals surface area contributed by atoms with Gasteiger partial charge >= 0.3 is 0 Å². The number of benzene rings is 1. The van der Waals surface area contributed by atoms with Gasteiger partial charge in [-0.25, -0.2) is 0 Å². The Balaban J connectivity index is 2.01. The fraction of sp³-hybridized carbons (Fsp3) is 0.357. The van der Waals surface area contributed by atoms with E-state index in [-0.39, 0.29) is 0 Å². The fourth-order valence-corrected chi connectivity index (χ4v) is 2.33. The molecule has 0 amide bonds. The van der Waals surface area contributed by atoms with Crippen LogP contribution in [0.25, 0.3) is 0 Å². The quantitative estimate of drug-likeness (QED) is 0.922. The summed E-state index contributed by atoms with van der Waals surface area (Å²) in [6.07, 6.45) is 4.79. The summed E-state index contributed by atoms with van der Waals surface area (Å²) in [6.45, 7) is 1.98. The zero-order chi connectivity index (χ0) is 13.1. The number of aliphatic hydroxyl groups excluding tert-OH is 1. The molecule has 18 heavy (non-hydrogen) atoms. The summed E-state index contributed by atoms with van der Waals surface area (Å²) >= 11 is 5.99. The van der Waals surface area contributed by atoms with Gasteiger partial charge in [-0.3, -0.25) is 4.68 Å². The van der Waals surface area contributed by atoms with Gasteiger partial charge < -0.3 is 5.11 Å². The van der Waals surface area contributed by atoms with Crippen LogP contribution in [0, 0.1) is 6.92 Å². The third-order valence-electron chi connectivity index (χ3n) is 2.91. The average molecular weight is 265 g/mol. The van der Waals surface area contributed by atoms with Gasteiger partial charge in [-0.2, -0.15) is 5.10 Å². The summed E-state index contributed by atoms with van der Waals surface area (Å²) in [5.41, 5.74) is 3.08. The van der Waals surface area contributed by atoms with Crippen LogP contribution in [0.1, 0.15) is 29.2 Å². The Morgan fingerprint density at radius 2 is 2.17 bits per heavy atom. The molecule has 1 aromatic heterocycles. The highest BCUT2D eigenvalue weighted by molar-refractivity contribution is 6.30. The minimum Gasteiger partial charge on any atom is -0.388 e. The molecule has 4 heteroatoms. The van der Waals surface area contributed by atoms with Crippen molar-refractivity contribution in [3.63, 3.8) is 0 Å². The number of halogens is 1. The molecular weight excluding hydrogens is 248 g/mol. The maximum Gasteiger partial charge on any atom is 0.0793 e. The van der Waals surface area contributed by atoms with Gasteiger partial charge in [0.1, 0.15) is 0 Å². The van der Waals surface area contributed by atoms with E-state index in [9.17, 15) is 5.11 Å². The molecule has 0 saturated heterocycles. The van der Waals surface area contributed by atoms with Crippen molar-refractivity contribution < 1.29 is 5.11 Å². The summed E-state index contributed by atoms with van der Waals surface area (Å²) < 4.78 is 1.77. The Hall–Kier alpha value is -1.32. The van der Waals surface area contributed by atoms with Gasteiger partial charge in [0.25, 0.3) is 0 Å². The molecule has 1 unspecified atom stereocenters. The lowest BCUT2D eigenvalue weighted by atomic mass is 10.0. The zero-order valence-corrected chi connectivity index (χ0v) is 11.4. The van der Waals surface area contributed by atoms with Crippen LogP contribution in [-0.4, -0.2) is 14.9 Å². The third kappa shape index (κ3) is 3.34. The lowest BCUT2D eigenvalue weighted by Gasteiger charge is -2.11. The van der Waals surface area contributed by atoms with Crippen molar-refractivity contribution in [3.05, 3.63) is 52.3 Å². The maximum absolute atomic E-state index is 10.2. The molecule has 0 saturated carbocycles. The lowest BCUT2D eigenvalue weighted by molar-refractivity contribution is 0.168. The second kappa shape index (κ2) is 5.55. The van der Waals surface area contributed by atoms with Gasteiger partial charge in [-0.05, 0) is 48.6 Å². The van der Waals surface area contributed by atoms with E-state index in [0.29, 0.717) is 11.4 Å². The second-order valence-electron chi connectivity index (χ2n) is 4.64. The van der Waals surface area contributed by atoms with Crippen molar-refractivity contribution in [2.24, 2.45) is 7.05 Å². The Kier molecular flexibility index (Phi) is 4.04. The zero-order valence-electron chi connectivity index (χ0n) is 10.6. The van der Waals surface area contributed by atoms with Gasteiger partial charge in [0.2, 0.25) is 0 Å². The molecule has 0 fully saturated rings. The highest BCUT2D eigenvalue weighted by atomic mass is 35.5. The number of aryl methyl sites for hydroxylation is 3. The number of aliphatic hydroxyl groups is 1.